The number of nitrogens with two attached hydrogens (primary N) is 1. The second-order valence-electron chi connectivity index (χ2n) is 1.33. The van der Waals surface area contributed by atoms with Crippen LogP contribution in [0.5, 0.6) is 0 Å². The van der Waals surface area contributed by atoms with Gasteiger partial charge in [-0.2, -0.15) is 25.8 Å². The molecule has 0 spiro atoms. The number of hydrogen-bond acceptors (Lipinski definition) is 2. The van der Waals surface area contributed by atoms with E-state index in [0.29, 0.717) is 0 Å². The fourth-order valence-electron chi connectivity index (χ4n) is 0.104. The SMILES string of the molecule is N[C@H](CS)C(F)(F)F. The Bertz CT molecular complexity index is 71.4. The lowest BCUT2D eigenvalue weighted by atomic mass is 10.4. The van der Waals surface area contributed by atoms with Gasteiger partial charge in [-0.05, 0) is 0 Å². The van der Waals surface area contributed by atoms with E-state index in [1.807, 2.05) is 0 Å². The molecule has 0 radical (unpaired) electrons. The molecule has 8 heavy (non-hydrogen) atoms. The lowest BCUT2D eigenvalue weighted by Crippen LogP contribution is -2.38. The van der Waals surface area contributed by atoms with Crippen LogP contribution in [0.15, 0.2) is 0 Å². The van der Waals surface area contributed by atoms with Crippen LogP contribution in [-0.4, -0.2) is 18.0 Å². The van der Waals surface area contributed by atoms with Crippen LogP contribution in [0.1, 0.15) is 0 Å². The maximum atomic E-state index is 11.3. The largest absolute Gasteiger partial charge is 0.404 e. The number of alkyl halides is 3. The van der Waals surface area contributed by atoms with E-state index in [-0.39, 0.29) is 5.75 Å². The van der Waals surface area contributed by atoms with E-state index in [1.54, 1.807) is 0 Å². The molecule has 0 bridgehead atoms. The molecule has 0 unspecified atom stereocenters. The normalized spacial score (nSPS) is 16.1. The highest BCUT2D eigenvalue weighted by Gasteiger charge is 2.35. The van der Waals surface area contributed by atoms with Crippen LogP contribution < -0.4 is 5.73 Å². The molecule has 0 aliphatic heterocycles. The van der Waals surface area contributed by atoms with Gasteiger partial charge in [0.25, 0.3) is 0 Å². The Hall–Kier alpha value is 0.100. The number of hydrogen-bond donors (Lipinski definition) is 2. The van der Waals surface area contributed by atoms with E-state index in [4.69, 9.17) is 0 Å². The summed E-state index contributed by atoms with van der Waals surface area (Å²) >= 11 is 3.36. The van der Waals surface area contributed by atoms with Crippen molar-refractivity contribution in [3.05, 3.63) is 0 Å². The Kier molecular flexibility index (Phi) is 2.62. The fourth-order valence-corrected chi connectivity index (χ4v) is 0.311. The highest BCUT2D eigenvalue weighted by molar-refractivity contribution is 7.80. The van der Waals surface area contributed by atoms with Crippen molar-refractivity contribution in [2.24, 2.45) is 5.73 Å². The summed E-state index contributed by atoms with van der Waals surface area (Å²) in [5.74, 6) is -0.358. The molecule has 50 valence electrons. The molecule has 5 heteroatoms. The maximum Gasteiger partial charge on any atom is 0.404 e. The van der Waals surface area contributed by atoms with E-state index >= 15 is 0 Å². The third-order valence-electron chi connectivity index (χ3n) is 0.617. The second-order valence-corrected chi connectivity index (χ2v) is 1.70. The van der Waals surface area contributed by atoms with Gasteiger partial charge < -0.3 is 5.73 Å². The molecule has 0 heterocycles. The third kappa shape index (κ3) is 2.42. The van der Waals surface area contributed by atoms with Gasteiger partial charge in [0.1, 0.15) is 6.04 Å². The van der Waals surface area contributed by atoms with Crippen molar-refractivity contribution in [3.63, 3.8) is 0 Å². The maximum absolute atomic E-state index is 11.3. The van der Waals surface area contributed by atoms with Crippen LogP contribution in [-0.2, 0) is 0 Å². The zero-order chi connectivity index (χ0) is 6.78. The van der Waals surface area contributed by atoms with Crippen molar-refractivity contribution in [2.45, 2.75) is 12.2 Å². The fraction of sp³-hybridized carbons (Fsp3) is 1.00. The monoisotopic (exact) mass is 145 g/mol. The zero-order valence-electron chi connectivity index (χ0n) is 3.94. The highest BCUT2D eigenvalue weighted by atomic mass is 32.1. The van der Waals surface area contributed by atoms with Gasteiger partial charge in [-0.25, -0.2) is 0 Å². The molecule has 1 nitrogen and oxygen atoms in total. The highest BCUT2D eigenvalue weighted by Crippen LogP contribution is 2.18. The van der Waals surface area contributed by atoms with Gasteiger partial charge >= 0.3 is 6.18 Å². The van der Waals surface area contributed by atoms with Gasteiger partial charge in [-0.3, -0.25) is 0 Å². The first-order valence-corrected chi connectivity index (χ1v) is 2.55. The number of halogens is 3. The molecule has 0 aromatic carbocycles. The van der Waals surface area contributed by atoms with Crippen LogP contribution >= 0.6 is 12.6 Å². The second kappa shape index (κ2) is 2.59. The lowest BCUT2D eigenvalue weighted by molar-refractivity contribution is -0.142. The summed E-state index contributed by atoms with van der Waals surface area (Å²) in [5.41, 5.74) is 4.55. The summed E-state index contributed by atoms with van der Waals surface area (Å²) in [5, 5.41) is 0. The standard InChI is InChI=1S/C3H6F3NS/c4-3(5,6)2(7)1-8/h2,8H,1,7H2/t2-/m1/s1. The molecule has 0 rings (SSSR count). The first-order chi connectivity index (χ1) is 3.48. The summed E-state index contributed by atoms with van der Waals surface area (Å²) in [6.07, 6.45) is -4.29. The smallest absolute Gasteiger partial charge is 0.320 e. The molecule has 2 N–H and O–H groups in total. The minimum atomic E-state index is -4.29. The van der Waals surface area contributed by atoms with Crippen LogP contribution in [0.4, 0.5) is 13.2 Å². The van der Waals surface area contributed by atoms with Gasteiger partial charge in [0.05, 0.1) is 0 Å². The molecule has 0 amide bonds. The number of rotatable bonds is 1. The average Bonchev–Trinajstić information content (AvgIpc) is 1.62. The zero-order valence-corrected chi connectivity index (χ0v) is 4.84. The molecule has 0 aromatic heterocycles. The van der Waals surface area contributed by atoms with Crippen molar-refractivity contribution in [2.75, 3.05) is 5.75 Å². The minimum absolute atomic E-state index is 0.358. The predicted octanol–water partition coefficient (Wildman–Crippen LogP) is 0.806. The Morgan fingerprint density at radius 1 is 1.50 bits per heavy atom. The summed E-state index contributed by atoms with van der Waals surface area (Å²) in [6.45, 7) is 0. The minimum Gasteiger partial charge on any atom is -0.320 e. The van der Waals surface area contributed by atoms with E-state index in [2.05, 4.69) is 18.4 Å². The molecule has 1 atom stereocenters. The average molecular weight is 145 g/mol. The van der Waals surface area contributed by atoms with Crippen LogP contribution in [0.2, 0.25) is 0 Å². The van der Waals surface area contributed by atoms with Crippen molar-refractivity contribution in [3.8, 4) is 0 Å². The molecule has 0 aliphatic carbocycles. The van der Waals surface area contributed by atoms with Crippen molar-refractivity contribution >= 4 is 12.6 Å². The van der Waals surface area contributed by atoms with Gasteiger partial charge in [-0.1, -0.05) is 0 Å². The Morgan fingerprint density at radius 3 is 1.88 bits per heavy atom. The Morgan fingerprint density at radius 2 is 1.88 bits per heavy atom. The predicted molar refractivity (Wildman–Crippen MR) is 27.9 cm³/mol. The topological polar surface area (TPSA) is 26.0 Å². The lowest BCUT2D eigenvalue weighted by Gasteiger charge is -2.11. The molecule has 0 fully saturated rings. The summed E-state index contributed by atoms with van der Waals surface area (Å²) in [4.78, 5) is 0. The van der Waals surface area contributed by atoms with Gasteiger partial charge in [0, 0.05) is 5.75 Å². The van der Waals surface area contributed by atoms with Gasteiger partial charge in [0.2, 0.25) is 0 Å². The summed E-state index contributed by atoms with van der Waals surface area (Å²) in [6, 6.07) is -1.79. The van der Waals surface area contributed by atoms with Crippen LogP contribution in [0.3, 0.4) is 0 Å². The van der Waals surface area contributed by atoms with E-state index in [1.165, 1.54) is 0 Å². The van der Waals surface area contributed by atoms with Crippen LogP contribution in [0.25, 0.3) is 0 Å². The quantitative estimate of drug-likeness (QED) is 0.524. The molecular weight excluding hydrogens is 139 g/mol. The Labute approximate surface area is 50.5 Å². The Balaban J connectivity index is 3.62. The van der Waals surface area contributed by atoms with Crippen molar-refractivity contribution in [1.29, 1.82) is 0 Å². The first kappa shape index (κ1) is 8.10. The number of thiol groups is 1. The third-order valence-corrected chi connectivity index (χ3v) is 1.01. The van der Waals surface area contributed by atoms with E-state index < -0.39 is 12.2 Å². The van der Waals surface area contributed by atoms with Gasteiger partial charge in [0.15, 0.2) is 0 Å². The summed E-state index contributed by atoms with van der Waals surface area (Å²) in [7, 11) is 0. The molecule has 0 saturated carbocycles. The summed E-state index contributed by atoms with van der Waals surface area (Å²) < 4.78 is 33.8. The van der Waals surface area contributed by atoms with Crippen LogP contribution in [0, 0.1) is 0 Å². The molecular formula is C3H6F3NS. The van der Waals surface area contributed by atoms with Crippen molar-refractivity contribution < 1.29 is 13.2 Å². The molecule has 0 aliphatic rings. The van der Waals surface area contributed by atoms with E-state index in [9.17, 15) is 13.2 Å². The van der Waals surface area contributed by atoms with E-state index in [0.717, 1.165) is 0 Å². The van der Waals surface area contributed by atoms with Crippen molar-refractivity contribution in [1.82, 2.24) is 0 Å². The molecule has 0 saturated heterocycles. The van der Waals surface area contributed by atoms with Gasteiger partial charge in [-0.15, -0.1) is 0 Å². The first-order valence-electron chi connectivity index (χ1n) is 1.91. The molecule has 0 aromatic rings.